The summed E-state index contributed by atoms with van der Waals surface area (Å²) in [6, 6.07) is 11.0. The van der Waals surface area contributed by atoms with Gasteiger partial charge in [-0.15, -0.1) is 5.10 Å². The van der Waals surface area contributed by atoms with E-state index in [1.54, 1.807) is 29.9 Å². The summed E-state index contributed by atoms with van der Waals surface area (Å²) in [4.78, 5) is 39.7. The number of fused-ring (bicyclic) bond motifs is 1. The maximum absolute atomic E-state index is 13.2. The zero-order valence-electron chi connectivity index (χ0n) is 19.9. The number of aryl methyl sites for hydroxylation is 1. The number of aromatic nitrogens is 3. The molecule has 184 valence electrons. The Kier molecular flexibility index (Phi) is 9.57. The van der Waals surface area contributed by atoms with Gasteiger partial charge in [0.05, 0.1) is 13.1 Å². The molecule has 3 unspecified atom stereocenters. The topological polar surface area (TPSA) is 121 Å². The van der Waals surface area contributed by atoms with Crippen LogP contribution in [-0.4, -0.2) is 69.3 Å². The largest absolute Gasteiger partial charge is 0.349 e. The van der Waals surface area contributed by atoms with Gasteiger partial charge in [0.2, 0.25) is 17.7 Å². The minimum atomic E-state index is -0.572. The normalized spacial score (nSPS) is 22.0. The molecule has 2 aliphatic rings. The van der Waals surface area contributed by atoms with Crippen LogP contribution in [0.2, 0.25) is 0 Å². The van der Waals surface area contributed by atoms with Crippen LogP contribution < -0.4 is 16.0 Å². The molecule has 34 heavy (non-hydrogen) atoms. The summed E-state index contributed by atoms with van der Waals surface area (Å²) < 4.78 is 1.58. The molecule has 4 rings (SSSR count). The first-order valence-corrected chi connectivity index (χ1v) is 11.9. The smallest absolute Gasteiger partial charge is 0.246 e. The Balaban J connectivity index is 0.000000469. The lowest BCUT2D eigenvalue weighted by Crippen LogP contribution is -2.57. The number of nitrogens with zero attached hydrogens (tertiary/aromatic N) is 4. The lowest BCUT2D eigenvalue weighted by Gasteiger charge is -2.35. The highest BCUT2D eigenvalue weighted by Gasteiger charge is 2.43. The number of nitrogens with one attached hydrogen (secondary N) is 3. The van der Waals surface area contributed by atoms with Crippen LogP contribution in [-0.2, 0) is 28.0 Å². The summed E-state index contributed by atoms with van der Waals surface area (Å²) in [6.07, 6.45) is 6.57. The number of hydrogen-bond donors (Lipinski definition) is 3. The van der Waals surface area contributed by atoms with Gasteiger partial charge >= 0.3 is 0 Å². The van der Waals surface area contributed by atoms with Gasteiger partial charge in [-0.1, -0.05) is 54.5 Å². The Hall–Kier alpha value is -3.27. The molecule has 0 spiro atoms. The van der Waals surface area contributed by atoms with Crippen molar-refractivity contribution >= 4 is 17.7 Å². The number of rotatable bonds is 6. The molecule has 1 aromatic carbocycles. The van der Waals surface area contributed by atoms with Crippen LogP contribution in [0.25, 0.3) is 0 Å². The Morgan fingerprint density at radius 2 is 1.71 bits per heavy atom. The van der Waals surface area contributed by atoms with Gasteiger partial charge in [0, 0.05) is 19.3 Å². The molecular weight excluding hydrogens is 434 g/mol. The van der Waals surface area contributed by atoms with E-state index in [1.807, 2.05) is 36.4 Å². The number of carbonyl (C=O) groups excluding carboxylic acids is 3. The second-order valence-corrected chi connectivity index (χ2v) is 8.68. The van der Waals surface area contributed by atoms with E-state index in [0.717, 1.165) is 25.7 Å². The summed E-state index contributed by atoms with van der Waals surface area (Å²) in [5, 5.41) is 16.3. The Labute approximate surface area is 200 Å². The van der Waals surface area contributed by atoms with Gasteiger partial charge in [0.15, 0.2) is 0 Å². The van der Waals surface area contributed by atoms with Gasteiger partial charge in [-0.25, -0.2) is 0 Å². The molecule has 10 heteroatoms. The van der Waals surface area contributed by atoms with Gasteiger partial charge in [0.25, 0.3) is 0 Å². The zero-order valence-corrected chi connectivity index (χ0v) is 19.9. The number of carbonyl (C=O) groups is 3. The van der Waals surface area contributed by atoms with E-state index in [9.17, 15) is 14.4 Å². The Bertz CT molecular complexity index is 907. The maximum atomic E-state index is 13.2. The monoisotopic (exact) mass is 469 g/mol. The molecule has 0 aliphatic carbocycles. The van der Waals surface area contributed by atoms with E-state index in [0.29, 0.717) is 18.5 Å². The minimum Gasteiger partial charge on any atom is -0.349 e. The van der Waals surface area contributed by atoms with Crippen molar-refractivity contribution in [2.24, 2.45) is 7.05 Å². The molecule has 10 nitrogen and oxygen atoms in total. The van der Waals surface area contributed by atoms with Crippen LogP contribution in [0.4, 0.5) is 0 Å². The predicted octanol–water partition coefficient (Wildman–Crippen LogP) is 0.756. The second-order valence-electron chi connectivity index (χ2n) is 8.68. The molecular formula is C24H35N7O3. The average Bonchev–Trinajstić information content (AvgIpc) is 3.45. The van der Waals surface area contributed by atoms with Crippen molar-refractivity contribution in [3.63, 3.8) is 0 Å². The predicted molar refractivity (Wildman–Crippen MR) is 127 cm³/mol. The highest BCUT2D eigenvalue weighted by Crippen LogP contribution is 2.31. The van der Waals surface area contributed by atoms with E-state index in [-0.39, 0.29) is 36.9 Å². The summed E-state index contributed by atoms with van der Waals surface area (Å²) in [5.74, 6) is -0.533. The van der Waals surface area contributed by atoms with Gasteiger partial charge in [-0.2, -0.15) is 0 Å². The van der Waals surface area contributed by atoms with E-state index in [4.69, 9.17) is 0 Å². The van der Waals surface area contributed by atoms with Crippen molar-refractivity contribution in [1.82, 2.24) is 35.8 Å². The lowest BCUT2D eigenvalue weighted by molar-refractivity contribution is -0.144. The molecule has 1 aromatic heterocycles. The molecule has 2 aromatic rings. The SMILES string of the molecule is CNCC(=O)NC1CCCCC2CCC(C(=O)NCc3cn(C)nn3)N2C1=O.c1ccccc1. The van der Waals surface area contributed by atoms with Crippen molar-refractivity contribution in [2.45, 2.75) is 63.2 Å². The number of benzene rings is 1. The van der Waals surface area contributed by atoms with Crippen LogP contribution in [0, 0.1) is 0 Å². The van der Waals surface area contributed by atoms with Crippen molar-refractivity contribution in [2.75, 3.05) is 13.6 Å². The molecule has 3 heterocycles. The molecule has 0 saturated carbocycles. The fraction of sp³-hybridized carbons (Fsp3) is 0.542. The highest BCUT2D eigenvalue weighted by molar-refractivity contribution is 5.93. The molecule has 3 N–H and O–H groups in total. The van der Waals surface area contributed by atoms with Gasteiger partial charge < -0.3 is 20.9 Å². The molecule has 2 saturated heterocycles. The average molecular weight is 470 g/mol. The standard InChI is InChI=1S/C18H29N7O3.C6H6/c1-19-10-16(26)21-14-6-4-3-5-13-7-8-15(25(13)18(14)28)17(27)20-9-12-11-24(2)23-22-12;1-2-4-6-5-3-1/h11,13-15,19H,3-10H2,1-2H3,(H,20,27)(H,21,26);1-6H. The molecule has 2 aliphatic heterocycles. The first-order chi connectivity index (χ1) is 16.5. The van der Waals surface area contributed by atoms with Crippen LogP contribution in [0.15, 0.2) is 42.6 Å². The highest BCUT2D eigenvalue weighted by atomic mass is 16.2. The van der Waals surface area contributed by atoms with E-state index < -0.39 is 12.1 Å². The number of likely N-dealkylation sites (N-methyl/N-ethyl adjacent to an activating group) is 1. The van der Waals surface area contributed by atoms with E-state index in [1.165, 1.54) is 0 Å². The first-order valence-electron chi connectivity index (χ1n) is 11.9. The Morgan fingerprint density at radius 3 is 2.32 bits per heavy atom. The van der Waals surface area contributed by atoms with Gasteiger partial charge in [0.1, 0.15) is 17.8 Å². The van der Waals surface area contributed by atoms with Crippen molar-refractivity contribution in [3.05, 3.63) is 48.3 Å². The van der Waals surface area contributed by atoms with Crippen molar-refractivity contribution < 1.29 is 14.4 Å². The number of amides is 3. The maximum Gasteiger partial charge on any atom is 0.246 e. The Morgan fingerprint density at radius 1 is 1.03 bits per heavy atom. The van der Waals surface area contributed by atoms with Crippen LogP contribution >= 0.6 is 0 Å². The molecule has 0 bridgehead atoms. The summed E-state index contributed by atoms with van der Waals surface area (Å²) in [5.41, 5.74) is 0.668. The third-order valence-corrected chi connectivity index (χ3v) is 6.07. The molecule has 3 amide bonds. The minimum absolute atomic E-state index is 0.0590. The third-order valence-electron chi connectivity index (χ3n) is 6.07. The number of hydrogen-bond acceptors (Lipinski definition) is 6. The first kappa shape index (κ1) is 25.4. The molecule has 2 fully saturated rings. The van der Waals surface area contributed by atoms with Crippen LogP contribution in [0.5, 0.6) is 0 Å². The van der Waals surface area contributed by atoms with Gasteiger partial charge in [-0.05, 0) is 32.7 Å². The van der Waals surface area contributed by atoms with E-state index in [2.05, 4.69) is 26.3 Å². The molecule has 3 atom stereocenters. The van der Waals surface area contributed by atoms with Gasteiger partial charge in [-0.3, -0.25) is 19.1 Å². The summed E-state index contributed by atoms with van der Waals surface area (Å²) >= 11 is 0. The molecule has 0 radical (unpaired) electrons. The summed E-state index contributed by atoms with van der Waals surface area (Å²) in [7, 11) is 3.45. The van der Waals surface area contributed by atoms with Crippen molar-refractivity contribution in [1.29, 1.82) is 0 Å². The van der Waals surface area contributed by atoms with E-state index >= 15 is 0 Å². The van der Waals surface area contributed by atoms with Crippen molar-refractivity contribution in [3.8, 4) is 0 Å². The fourth-order valence-electron chi connectivity index (χ4n) is 4.49. The lowest BCUT2D eigenvalue weighted by atomic mass is 9.99. The second kappa shape index (κ2) is 12.8. The zero-order chi connectivity index (χ0) is 24.3. The summed E-state index contributed by atoms with van der Waals surface area (Å²) in [6.45, 7) is 0.438. The quantitative estimate of drug-likeness (QED) is 0.574. The third kappa shape index (κ3) is 7.11. The fourth-order valence-corrected chi connectivity index (χ4v) is 4.49. The van der Waals surface area contributed by atoms with Crippen LogP contribution in [0.3, 0.4) is 0 Å². The van der Waals surface area contributed by atoms with Crippen LogP contribution in [0.1, 0.15) is 44.2 Å².